The van der Waals surface area contributed by atoms with Crippen molar-refractivity contribution in [3.05, 3.63) is 34.9 Å². The summed E-state index contributed by atoms with van der Waals surface area (Å²) in [6, 6.07) is 4.87. The molecule has 0 aliphatic carbocycles. The van der Waals surface area contributed by atoms with Gasteiger partial charge in [-0.2, -0.15) is 0 Å². The van der Waals surface area contributed by atoms with Gasteiger partial charge in [-0.1, -0.05) is 6.07 Å². The third kappa shape index (κ3) is 4.06. The van der Waals surface area contributed by atoms with E-state index in [-0.39, 0.29) is 24.3 Å². The topological polar surface area (TPSA) is 61.8 Å². The molecule has 0 amide bonds. The van der Waals surface area contributed by atoms with Crippen LogP contribution in [0.1, 0.15) is 40.1 Å². The number of rotatable bonds is 6. The van der Waals surface area contributed by atoms with Crippen LogP contribution in [0.3, 0.4) is 0 Å². The van der Waals surface area contributed by atoms with Gasteiger partial charge in [0.05, 0.1) is 30.9 Å². The molecular formula is C14H18O5. The molecule has 5 nitrogen and oxygen atoms in total. The van der Waals surface area contributed by atoms with Crippen molar-refractivity contribution in [1.82, 2.24) is 0 Å². The highest BCUT2D eigenvalue weighted by molar-refractivity contribution is 6.03. The van der Waals surface area contributed by atoms with E-state index >= 15 is 0 Å². The predicted molar refractivity (Wildman–Crippen MR) is 69.1 cm³/mol. The van der Waals surface area contributed by atoms with Gasteiger partial charge in [-0.25, -0.2) is 9.59 Å². The van der Waals surface area contributed by atoms with Gasteiger partial charge in [-0.15, -0.1) is 0 Å². The molecule has 19 heavy (non-hydrogen) atoms. The van der Waals surface area contributed by atoms with Crippen LogP contribution in [-0.2, 0) is 20.8 Å². The average molecular weight is 266 g/mol. The smallest absolute Gasteiger partial charge is 0.339 e. The lowest BCUT2D eigenvalue weighted by Crippen LogP contribution is -2.14. The van der Waals surface area contributed by atoms with Gasteiger partial charge in [0.15, 0.2) is 0 Å². The lowest BCUT2D eigenvalue weighted by atomic mass is 10.0. The second-order valence-corrected chi connectivity index (χ2v) is 3.75. The van der Waals surface area contributed by atoms with E-state index < -0.39 is 11.9 Å². The SMILES string of the molecule is CCOC(=O)c1ccc(COC)cc1C(=O)OCC. The molecule has 0 heterocycles. The van der Waals surface area contributed by atoms with E-state index in [1.54, 1.807) is 39.2 Å². The third-order valence-electron chi connectivity index (χ3n) is 2.39. The summed E-state index contributed by atoms with van der Waals surface area (Å²) in [5.41, 5.74) is 1.20. The summed E-state index contributed by atoms with van der Waals surface area (Å²) in [5, 5.41) is 0. The molecule has 0 saturated carbocycles. The van der Waals surface area contributed by atoms with E-state index in [1.165, 1.54) is 0 Å². The van der Waals surface area contributed by atoms with Crippen molar-refractivity contribution in [2.75, 3.05) is 20.3 Å². The maximum Gasteiger partial charge on any atom is 0.339 e. The molecule has 0 aliphatic heterocycles. The van der Waals surface area contributed by atoms with Gasteiger partial charge < -0.3 is 14.2 Å². The third-order valence-corrected chi connectivity index (χ3v) is 2.39. The first-order chi connectivity index (χ1) is 9.13. The normalized spacial score (nSPS) is 10.1. The van der Waals surface area contributed by atoms with E-state index in [2.05, 4.69) is 0 Å². The Morgan fingerprint density at radius 3 is 2.11 bits per heavy atom. The van der Waals surface area contributed by atoms with Crippen molar-refractivity contribution in [1.29, 1.82) is 0 Å². The van der Waals surface area contributed by atoms with Crippen molar-refractivity contribution >= 4 is 11.9 Å². The Balaban J connectivity index is 3.14. The fourth-order valence-corrected chi connectivity index (χ4v) is 1.61. The van der Waals surface area contributed by atoms with Crippen molar-refractivity contribution in [3.8, 4) is 0 Å². The number of ether oxygens (including phenoxy) is 3. The highest BCUT2D eigenvalue weighted by Gasteiger charge is 2.19. The fraction of sp³-hybridized carbons (Fsp3) is 0.429. The molecule has 0 atom stereocenters. The molecule has 0 fully saturated rings. The van der Waals surface area contributed by atoms with Gasteiger partial charge in [0, 0.05) is 7.11 Å². The number of carbonyl (C=O) groups excluding carboxylic acids is 2. The van der Waals surface area contributed by atoms with Crippen LogP contribution in [0.4, 0.5) is 0 Å². The van der Waals surface area contributed by atoms with Crippen molar-refractivity contribution in [3.63, 3.8) is 0 Å². The molecule has 1 aromatic carbocycles. The first kappa shape index (κ1) is 15.2. The van der Waals surface area contributed by atoms with Crippen molar-refractivity contribution < 1.29 is 23.8 Å². The Hall–Kier alpha value is -1.88. The molecule has 0 unspecified atom stereocenters. The minimum absolute atomic E-state index is 0.204. The zero-order valence-electron chi connectivity index (χ0n) is 11.4. The molecule has 0 aromatic heterocycles. The standard InChI is InChI=1S/C14H18O5/c1-4-18-13(15)11-7-6-10(9-17-3)8-12(11)14(16)19-5-2/h6-8H,4-5,9H2,1-3H3. The maximum atomic E-state index is 11.9. The minimum atomic E-state index is -0.538. The van der Waals surface area contributed by atoms with Crippen LogP contribution in [0.15, 0.2) is 18.2 Å². The number of methoxy groups -OCH3 is 1. The van der Waals surface area contributed by atoms with Crippen LogP contribution in [-0.4, -0.2) is 32.3 Å². The van der Waals surface area contributed by atoms with Crippen molar-refractivity contribution in [2.45, 2.75) is 20.5 Å². The second kappa shape index (κ2) is 7.53. The summed E-state index contributed by atoms with van der Waals surface area (Å²) in [6.07, 6.45) is 0. The average Bonchev–Trinajstić information content (AvgIpc) is 2.39. The van der Waals surface area contributed by atoms with Gasteiger partial charge >= 0.3 is 11.9 Å². The molecule has 104 valence electrons. The predicted octanol–water partition coefficient (Wildman–Crippen LogP) is 2.19. The van der Waals surface area contributed by atoms with E-state index in [0.717, 1.165) is 5.56 Å². The Morgan fingerprint density at radius 2 is 1.58 bits per heavy atom. The number of hydrogen-bond donors (Lipinski definition) is 0. The quantitative estimate of drug-likeness (QED) is 0.738. The lowest BCUT2D eigenvalue weighted by Gasteiger charge is -2.10. The highest BCUT2D eigenvalue weighted by atomic mass is 16.5. The molecular weight excluding hydrogens is 248 g/mol. The van der Waals surface area contributed by atoms with Crippen LogP contribution >= 0.6 is 0 Å². The fourth-order valence-electron chi connectivity index (χ4n) is 1.61. The molecule has 0 saturated heterocycles. The number of benzene rings is 1. The van der Waals surface area contributed by atoms with Gasteiger partial charge in [-0.3, -0.25) is 0 Å². The number of hydrogen-bond acceptors (Lipinski definition) is 5. The molecule has 0 N–H and O–H groups in total. The first-order valence-electron chi connectivity index (χ1n) is 6.10. The first-order valence-corrected chi connectivity index (χ1v) is 6.10. The summed E-state index contributed by atoms with van der Waals surface area (Å²) in [4.78, 5) is 23.6. The van der Waals surface area contributed by atoms with E-state index in [4.69, 9.17) is 14.2 Å². The molecule has 1 aromatic rings. The van der Waals surface area contributed by atoms with Crippen LogP contribution in [0.5, 0.6) is 0 Å². The van der Waals surface area contributed by atoms with Gasteiger partial charge in [-0.05, 0) is 31.5 Å². The largest absolute Gasteiger partial charge is 0.462 e. The highest BCUT2D eigenvalue weighted by Crippen LogP contribution is 2.16. The maximum absolute atomic E-state index is 11.9. The van der Waals surface area contributed by atoms with Crippen LogP contribution in [0.2, 0.25) is 0 Å². The Labute approximate surface area is 112 Å². The molecule has 0 spiro atoms. The second-order valence-electron chi connectivity index (χ2n) is 3.75. The Kier molecular flexibility index (Phi) is 6.02. The molecule has 0 aliphatic rings. The monoisotopic (exact) mass is 266 g/mol. The Bertz CT molecular complexity index is 453. The minimum Gasteiger partial charge on any atom is -0.462 e. The molecule has 0 bridgehead atoms. The molecule has 5 heteroatoms. The molecule has 1 rings (SSSR count). The summed E-state index contributed by atoms with van der Waals surface area (Å²) >= 11 is 0. The van der Waals surface area contributed by atoms with Crippen molar-refractivity contribution in [2.24, 2.45) is 0 Å². The summed E-state index contributed by atoms with van der Waals surface area (Å²) in [7, 11) is 1.56. The number of carbonyl (C=O) groups is 2. The summed E-state index contributed by atoms with van der Waals surface area (Å²) in [6.45, 7) is 4.27. The summed E-state index contributed by atoms with van der Waals surface area (Å²) in [5.74, 6) is -1.07. The van der Waals surface area contributed by atoms with Crippen LogP contribution in [0.25, 0.3) is 0 Å². The van der Waals surface area contributed by atoms with E-state index in [0.29, 0.717) is 6.61 Å². The van der Waals surface area contributed by atoms with E-state index in [1.807, 2.05) is 0 Å². The zero-order valence-corrected chi connectivity index (χ0v) is 11.4. The summed E-state index contributed by atoms with van der Waals surface area (Å²) < 4.78 is 14.9. The van der Waals surface area contributed by atoms with Crippen LogP contribution in [0, 0.1) is 0 Å². The van der Waals surface area contributed by atoms with Gasteiger partial charge in [0.25, 0.3) is 0 Å². The number of esters is 2. The zero-order chi connectivity index (χ0) is 14.3. The van der Waals surface area contributed by atoms with E-state index in [9.17, 15) is 9.59 Å². The lowest BCUT2D eigenvalue weighted by molar-refractivity contribution is 0.0478. The van der Waals surface area contributed by atoms with Crippen LogP contribution < -0.4 is 0 Å². The molecule has 0 radical (unpaired) electrons. The Morgan fingerprint density at radius 1 is 1.00 bits per heavy atom. The van der Waals surface area contributed by atoms with Gasteiger partial charge in [0.1, 0.15) is 0 Å². The van der Waals surface area contributed by atoms with Gasteiger partial charge in [0.2, 0.25) is 0 Å².